The lowest BCUT2D eigenvalue weighted by molar-refractivity contribution is -0.393. The minimum Gasteiger partial charge on any atom is -0.391 e. The SMILES string of the molecule is C/C(CC(O)C(C)O)=N\Nc1ccc([N+](=O)[O-])cc1[N+](=O)[O-]. The van der Waals surface area contributed by atoms with Gasteiger partial charge in [-0.25, -0.2) is 0 Å². The van der Waals surface area contributed by atoms with E-state index < -0.39 is 33.4 Å². The molecule has 1 rings (SSSR count). The van der Waals surface area contributed by atoms with Crippen molar-refractivity contribution in [1.82, 2.24) is 0 Å². The van der Waals surface area contributed by atoms with E-state index in [-0.39, 0.29) is 12.1 Å². The molecule has 1 aromatic rings. The van der Waals surface area contributed by atoms with Crippen molar-refractivity contribution >= 4 is 22.8 Å². The van der Waals surface area contributed by atoms with Crippen molar-refractivity contribution in [3.63, 3.8) is 0 Å². The molecule has 1 aromatic carbocycles. The number of hydrogen-bond acceptors (Lipinski definition) is 8. The maximum atomic E-state index is 10.9. The van der Waals surface area contributed by atoms with Crippen LogP contribution in [0.15, 0.2) is 23.3 Å². The average molecular weight is 312 g/mol. The van der Waals surface area contributed by atoms with Gasteiger partial charge in [0.15, 0.2) is 0 Å². The Kier molecular flexibility index (Phi) is 5.90. The Hall–Kier alpha value is -2.59. The Balaban J connectivity index is 2.93. The highest BCUT2D eigenvalue weighted by atomic mass is 16.6. The molecule has 0 radical (unpaired) electrons. The molecule has 2 atom stereocenters. The van der Waals surface area contributed by atoms with Gasteiger partial charge in [-0.15, -0.1) is 0 Å². The number of nitro benzene ring substituents is 2. The molecule has 0 aliphatic heterocycles. The predicted molar refractivity (Wildman–Crippen MR) is 78.8 cm³/mol. The number of benzene rings is 1. The van der Waals surface area contributed by atoms with Gasteiger partial charge in [0, 0.05) is 18.2 Å². The number of hydrogen-bond donors (Lipinski definition) is 3. The first kappa shape index (κ1) is 17.5. The quantitative estimate of drug-likeness (QED) is 0.391. The third-order valence-corrected chi connectivity index (χ3v) is 2.82. The lowest BCUT2D eigenvalue weighted by atomic mass is 10.1. The molecule has 0 amide bonds. The number of nitrogens with zero attached hydrogens (tertiary/aromatic N) is 3. The summed E-state index contributed by atoms with van der Waals surface area (Å²) in [6.45, 7) is 2.99. The first-order valence-corrected chi connectivity index (χ1v) is 6.30. The Labute approximate surface area is 125 Å². The summed E-state index contributed by atoms with van der Waals surface area (Å²) in [4.78, 5) is 20.1. The Morgan fingerprint density at radius 2 is 1.95 bits per heavy atom. The summed E-state index contributed by atoms with van der Waals surface area (Å²) in [6.07, 6.45) is -1.86. The van der Waals surface area contributed by atoms with E-state index in [2.05, 4.69) is 10.5 Å². The third kappa shape index (κ3) is 4.75. The standard InChI is InChI=1S/C12H16N4O6/c1-7(5-12(18)8(2)17)13-14-10-4-3-9(15(19)20)6-11(10)16(21)22/h3-4,6,8,12,14,17-18H,5H2,1-2H3/b13-7+. The fourth-order valence-electron chi connectivity index (χ4n) is 1.55. The predicted octanol–water partition coefficient (Wildman–Crippen LogP) is 1.42. The monoisotopic (exact) mass is 312 g/mol. The Morgan fingerprint density at radius 1 is 1.32 bits per heavy atom. The number of aliphatic hydroxyl groups excluding tert-OH is 2. The van der Waals surface area contributed by atoms with E-state index in [0.717, 1.165) is 12.1 Å². The lowest BCUT2D eigenvalue weighted by Gasteiger charge is -2.12. The summed E-state index contributed by atoms with van der Waals surface area (Å²) in [7, 11) is 0. The van der Waals surface area contributed by atoms with Crippen LogP contribution in [-0.2, 0) is 0 Å². The molecule has 3 N–H and O–H groups in total. The molecule has 0 saturated heterocycles. The van der Waals surface area contributed by atoms with Gasteiger partial charge in [0.1, 0.15) is 5.69 Å². The maximum absolute atomic E-state index is 10.9. The molecule has 0 aliphatic carbocycles. The molecular weight excluding hydrogens is 296 g/mol. The molecule has 2 unspecified atom stereocenters. The first-order valence-electron chi connectivity index (χ1n) is 6.30. The highest BCUT2D eigenvalue weighted by molar-refractivity contribution is 5.83. The molecule has 0 fully saturated rings. The molecule has 0 bridgehead atoms. The van der Waals surface area contributed by atoms with E-state index in [1.165, 1.54) is 13.0 Å². The van der Waals surface area contributed by atoms with Crippen LogP contribution in [0.1, 0.15) is 20.3 Å². The van der Waals surface area contributed by atoms with Crippen LogP contribution < -0.4 is 5.43 Å². The molecule has 0 saturated carbocycles. The van der Waals surface area contributed by atoms with E-state index in [1.54, 1.807) is 6.92 Å². The van der Waals surface area contributed by atoms with Crippen LogP contribution >= 0.6 is 0 Å². The molecular formula is C12H16N4O6. The Bertz CT molecular complexity index is 601. The van der Waals surface area contributed by atoms with Crippen LogP contribution in [-0.4, -0.2) is 38.0 Å². The molecule has 0 aromatic heterocycles. The maximum Gasteiger partial charge on any atom is 0.301 e. The molecule has 10 nitrogen and oxygen atoms in total. The second-order valence-corrected chi connectivity index (χ2v) is 4.69. The van der Waals surface area contributed by atoms with Gasteiger partial charge in [-0.2, -0.15) is 5.10 Å². The molecule has 0 aliphatic rings. The summed E-state index contributed by atoms with van der Waals surface area (Å²) in [5.41, 5.74) is 1.94. The zero-order valence-electron chi connectivity index (χ0n) is 12.0. The van der Waals surface area contributed by atoms with E-state index in [1.807, 2.05) is 0 Å². The highest BCUT2D eigenvalue weighted by Crippen LogP contribution is 2.28. The summed E-state index contributed by atoms with van der Waals surface area (Å²) in [5.74, 6) is 0. The molecule has 22 heavy (non-hydrogen) atoms. The summed E-state index contributed by atoms with van der Waals surface area (Å²) in [6, 6.07) is 3.13. The van der Waals surface area contributed by atoms with Crippen LogP contribution in [0.2, 0.25) is 0 Å². The van der Waals surface area contributed by atoms with E-state index in [9.17, 15) is 30.4 Å². The van der Waals surface area contributed by atoms with Gasteiger partial charge in [-0.1, -0.05) is 0 Å². The first-order chi connectivity index (χ1) is 10.2. The van der Waals surface area contributed by atoms with Gasteiger partial charge < -0.3 is 10.2 Å². The van der Waals surface area contributed by atoms with Crippen molar-refractivity contribution in [2.45, 2.75) is 32.5 Å². The number of non-ortho nitro benzene ring substituents is 1. The number of anilines is 1. The van der Waals surface area contributed by atoms with Crippen LogP contribution in [0, 0.1) is 20.2 Å². The lowest BCUT2D eigenvalue weighted by Crippen LogP contribution is -2.25. The normalized spacial score (nSPS) is 14.3. The van der Waals surface area contributed by atoms with E-state index in [4.69, 9.17) is 0 Å². The number of nitrogens with one attached hydrogen (secondary N) is 1. The number of nitro groups is 2. The smallest absolute Gasteiger partial charge is 0.301 e. The topological polar surface area (TPSA) is 151 Å². The second-order valence-electron chi connectivity index (χ2n) is 4.69. The number of hydrazone groups is 1. The van der Waals surface area contributed by atoms with Gasteiger partial charge in [-0.3, -0.25) is 25.7 Å². The van der Waals surface area contributed by atoms with Crippen molar-refractivity contribution in [3.8, 4) is 0 Å². The van der Waals surface area contributed by atoms with Crippen LogP contribution in [0.3, 0.4) is 0 Å². The second kappa shape index (κ2) is 7.43. The summed E-state index contributed by atoms with van der Waals surface area (Å²) in [5, 5.41) is 44.1. The van der Waals surface area contributed by atoms with E-state index >= 15 is 0 Å². The summed E-state index contributed by atoms with van der Waals surface area (Å²) < 4.78 is 0. The van der Waals surface area contributed by atoms with Gasteiger partial charge in [0.25, 0.3) is 5.69 Å². The van der Waals surface area contributed by atoms with Crippen molar-refractivity contribution in [3.05, 3.63) is 38.4 Å². The minimum absolute atomic E-state index is 0.0125. The fraction of sp³-hybridized carbons (Fsp3) is 0.417. The van der Waals surface area contributed by atoms with Gasteiger partial charge >= 0.3 is 5.69 Å². The zero-order chi connectivity index (χ0) is 16.9. The molecule has 120 valence electrons. The average Bonchev–Trinajstić information content (AvgIpc) is 2.44. The molecule has 0 spiro atoms. The zero-order valence-corrected chi connectivity index (χ0v) is 12.0. The number of aliphatic hydroxyl groups is 2. The molecule has 10 heteroatoms. The summed E-state index contributed by atoms with van der Waals surface area (Å²) >= 11 is 0. The van der Waals surface area contributed by atoms with Crippen LogP contribution in [0.4, 0.5) is 17.1 Å². The van der Waals surface area contributed by atoms with Crippen LogP contribution in [0.25, 0.3) is 0 Å². The van der Waals surface area contributed by atoms with Crippen molar-refractivity contribution in [2.75, 3.05) is 5.43 Å². The highest BCUT2D eigenvalue weighted by Gasteiger charge is 2.19. The van der Waals surface area contributed by atoms with Gasteiger partial charge in [0.05, 0.1) is 28.1 Å². The fourth-order valence-corrected chi connectivity index (χ4v) is 1.55. The Morgan fingerprint density at radius 3 is 2.45 bits per heavy atom. The largest absolute Gasteiger partial charge is 0.391 e. The third-order valence-electron chi connectivity index (χ3n) is 2.82. The minimum atomic E-state index is -1.00. The van der Waals surface area contributed by atoms with Crippen molar-refractivity contribution in [1.29, 1.82) is 0 Å². The number of rotatable bonds is 7. The van der Waals surface area contributed by atoms with Crippen molar-refractivity contribution in [2.24, 2.45) is 5.10 Å². The van der Waals surface area contributed by atoms with Gasteiger partial charge in [0.2, 0.25) is 0 Å². The van der Waals surface area contributed by atoms with Crippen molar-refractivity contribution < 1.29 is 20.1 Å². The molecule has 0 heterocycles. The van der Waals surface area contributed by atoms with E-state index in [0.29, 0.717) is 5.71 Å². The van der Waals surface area contributed by atoms with Crippen LogP contribution in [0.5, 0.6) is 0 Å². The van der Waals surface area contributed by atoms with Gasteiger partial charge in [-0.05, 0) is 19.9 Å².